The number of aromatic nitrogens is 1. The predicted molar refractivity (Wildman–Crippen MR) is 76.9 cm³/mol. The lowest BCUT2D eigenvalue weighted by Crippen LogP contribution is -2.50. The van der Waals surface area contributed by atoms with Crippen molar-refractivity contribution in [2.75, 3.05) is 32.7 Å². The van der Waals surface area contributed by atoms with Crippen LogP contribution in [0.2, 0.25) is 5.15 Å². The molecule has 2 heterocycles. The average molecular weight is 363 g/mol. The first-order valence-electron chi connectivity index (χ1n) is 6.02. The summed E-state index contributed by atoms with van der Waals surface area (Å²) in [6, 6.07) is 1.64. The largest absolute Gasteiger partial charge is 0.480 e. The van der Waals surface area contributed by atoms with Crippen molar-refractivity contribution in [3.05, 3.63) is 27.5 Å². The van der Waals surface area contributed by atoms with Gasteiger partial charge in [0.1, 0.15) is 5.15 Å². The Hall–Kier alpha value is -1.18. The number of carbonyl (C=O) groups excluding carboxylic acids is 1. The molecule has 1 amide bonds. The van der Waals surface area contributed by atoms with E-state index in [9.17, 15) is 9.59 Å². The summed E-state index contributed by atoms with van der Waals surface area (Å²) in [7, 11) is 0. The number of nitrogens with zero attached hydrogens (tertiary/aromatic N) is 3. The van der Waals surface area contributed by atoms with E-state index in [0.717, 1.165) is 0 Å². The van der Waals surface area contributed by atoms with Gasteiger partial charge in [-0.1, -0.05) is 11.6 Å². The second kappa shape index (κ2) is 6.51. The number of pyridine rings is 1. The minimum absolute atomic E-state index is 0.00122. The molecule has 20 heavy (non-hydrogen) atoms. The predicted octanol–water partition coefficient (Wildman–Crippen LogP) is 1.34. The summed E-state index contributed by atoms with van der Waals surface area (Å²) in [5.41, 5.74) is 0.354. The molecule has 108 valence electrons. The van der Waals surface area contributed by atoms with E-state index in [-0.39, 0.29) is 17.6 Å². The fourth-order valence-corrected chi connectivity index (χ4v) is 2.56. The summed E-state index contributed by atoms with van der Waals surface area (Å²) in [5, 5.41) is 8.90. The van der Waals surface area contributed by atoms with Gasteiger partial charge < -0.3 is 10.0 Å². The summed E-state index contributed by atoms with van der Waals surface area (Å²) in [6.07, 6.45) is 1.53. The van der Waals surface area contributed by atoms with Gasteiger partial charge in [-0.15, -0.1) is 0 Å². The smallest absolute Gasteiger partial charge is 0.317 e. The van der Waals surface area contributed by atoms with Crippen molar-refractivity contribution in [2.45, 2.75) is 0 Å². The molecule has 0 spiro atoms. The summed E-state index contributed by atoms with van der Waals surface area (Å²) in [5.74, 6) is -1.04. The Morgan fingerprint density at radius 3 is 2.60 bits per heavy atom. The van der Waals surface area contributed by atoms with Crippen molar-refractivity contribution in [2.24, 2.45) is 0 Å². The second-order valence-electron chi connectivity index (χ2n) is 4.45. The standard InChI is InChI=1S/C12H13BrClN3O3/c13-8-5-9(11(14)15-6-8)12(20)17-3-1-16(2-4-17)7-10(18)19/h5-6H,1-4,7H2,(H,18,19). The zero-order valence-electron chi connectivity index (χ0n) is 10.6. The van der Waals surface area contributed by atoms with Crippen molar-refractivity contribution < 1.29 is 14.7 Å². The minimum Gasteiger partial charge on any atom is -0.480 e. The Kier molecular flexibility index (Phi) is 4.95. The molecule has 1 fully saturated rings. The quantitative estimate of drug-likeness (QED) is 0.822. The zero-order chi connectivity index (χ0) is 14.7. The second-order valence-corrected chi connectivity index (χ2v) is 5.73. The van der Waals surface area contributed by atoms with Crippen LogP contribution in [0.1, 0.15) is 10.4 Å². The molecule has 8 heteroatoms. The molecule has 0 unspecified atom stereocenters. The van der Waals surface area contributed by atoms with E-state index in [4.69, 9.17) is 16.7 Å². The third-order valence-corrected chi connectivity index (χ3v) is 3.79. The van der Waals surface area contributed by atoms with Crippen LogP contribution >= 0.6 is 27.5 Å². The lowest BCUT2D eigenvalue weighted by Gasteiger charge is -2.33. The van der Waals surface area contributed by atoms with Gasteiger partial charge in [-0.3, -0.25) is 14.5 Å². The highest BCUT2D eigenvalue weighted by atomic mass is 79.9. The number of carboxylic acids is 1. The number of halogens is 2. The third-order valence-electron chi connectivity index (χ3n) is 3.05. The molecule has 0 aliphatic carbocycles. The Bertz CT molecular complexity index is 533. The van der Waals surface area contributed by atoms with Crippen LogP contribution in [0.5, 0.6) is 0 Å². The van der Waals surface area contributed by atoms with Crippen molar-refractivity contribution in [1.82, 2.24) is 14.8 Å². The molecule has 0 aromatic carbocycles. The first-order chi connectivity index (χ1) is 9.47. The van der Waals surface area contributed by atoms with E-state index in [1.165, 1.54) is 6.20 Å². The van der Waals surface area contributed by atoms with Crippen LogP contribution in [0.4, 0.5) is 0 Å². The fourth-order valence-electron chi connectivity index (χ4n) is 2.04. The third kappa shape index (κ3) is 3.68. The van der Waals surface area contributed by atoms with Crippen molar-refractivity contribution in [3.8, 4) is 0 Å². The average Bonchev–Trinajstić information content (AvgIpc) is 2.41. The number of hydrogen-bond acceptors (Lipinski definition) is 4. The highest BCUT2D eigenvalue weighted by Gasteiger charge is 2.24. The maximum atomic E-state index is 12.3. The van der Waals surface area contributed by atoms with Gasteiger partial charge in [0.25, 0.3) is 5.91 Å². The summed E-state index contributed by atoms with van der Waals surface area (Å²) in [4.78, 5) is 30.4. The Labute approximate surface area is 129 Å². The number of aliphatic carboxylic acids is 1. The first-order valence-corrected chi connectivity index (χ1v) is 7.19. The van der Waals surface area contributed by atoms with Crippen molar-refractivity contribution >= 4 is 39.4 Å². The van der Waals surface area contributed by atoms with E-state index in [1.807, 2.05) is 0 Å². The van der Waals surface area contributed by atoms with Gasteiger partial charge in [-0.25, -0.2) is 4.98 Å². The molecule has 0 bridgehead atoms. The maximum absolute atomic E-state index is 12.3. The number of amides is 1. The van der Waals surface area contributed by atoms with Gasteiger partial charge >= 0.3 is 5.97 Å². The molecule has 6 nitrogen and oxygen atoms in total. The van der Waals surface area contributed by atoms with Crippen LogP contribution in [-0.2, 0) is 4.79 Å². The molecular formula is C12H13BrClN3O3. The Balaban J connectivity index is 2.01. The molecule has 1 N–H and O–H groups in total. The Morgan fingerprint density at radius 2 is 2.00 bits per heavy atom. The zero-order valence-corrected chi connectivity index (χ0v) is 12.9. The molecule has 1 aromatic heterocycles. The van der Waals surface area contributed by atoms with Gasteiger partial charge in [0.05, 0.1) is 12.1 Å². The lowest BCUT2D eigenvalue weighted by atomic mass is 10.2. The van der Waals surface area contributed by atoms with Gasteiger partial charge in [0, 0.05) is 36.8 Å². The normalized spacial score (nSPS) is 16.2. The van der Waals surface area contributed by atoms with Crippen molar-refractivity contribution in [1.29, 1.82) is 0 Å². The van der Waals surface area contributed by atoms with Crippen molar-refractivity contribution in [3.63, 3.8) is 0 Å². The topological polar surface area (TPSA) is 73.7 Å². The highest BCUT2D eigenvalue weighted by molar-refractivity contribution is 9.10. The highest BCUT2D eigenvalue weighted by Crippen LogP contribution is 2.20. The Morgan fingerprint density at radius 1 is 1.35 bits per heavy atom. The summed E-state index contributed by atoms with van der Waals surface area (Å²) in [6.45, 7) is 2.04. The van der Waals surface area contributed by atoms with Gasteiger partial charge in [0.15, 0.2) is 0 Å². The van der Waals surface area contributed by atoms with Crippen LogP contribution < -0.4 is 0 Å². The number of rotatable bonds is 3. The van der Waals surface area contributed by atoms with Gasteiger partial charge in [-0.05, 0) is 22.0 Å². The van der Waals surface area contributed by atoms with Crippen LogP contribution in [-0.4, -0.2) is 64.5 Å². The molecule has 1 aliphatic heterocycles. The van der Waals surface area contributed by atoms with E-state index < -0.39 is 5.97 Å². The molecule has 2 rings (SSSR count). The molecule has 1 saturated heterocycles. The molecule has 0 atom stereocenters. The van der Waals surface area contributed by atoms with Crippen LogP contribution in [0.15, 0.2) is 16.7 Å². The maximum Gasteiger partial charge on any atom is 0.317 e. The number of carboxylic acid groups (broad SMARTS) is 1. The minimum atomic E-state index is -0.857. The molecule has 0 radical (unpaired) electrons. The van der Waals surface area contributed by atoms with E-state index in [1.54, 1.807) is 15.9 Å². The van der Waals surface area contributed by atoms with Gasteiger partial charge in [-0.2, -0.15) is 0 Å². The SMILES string of the molecule is O=C(O)CN1CCN(C(=O)c2cc(Br)cnc2Cl)CC1. The van der Waals surface area contributed by atoms with Crippen LogP contribution in [0.25, 0.3) is 0 Å². The van der Waals surface area contributed by atoms with Crippen LogP contribution in [0, 0.1) is 0 Å². The van der Waals surface area contributed by atoms with E-state index in [2.05, 4.69) is 20.9 Å². The monoisotopic (exact) mass is 361 g/mol. The van der Waals surface area contributed by atoms with E-state index in [0.29, 0.717) is 36.2 Å². The molecule has 1 aliphatic rings. The lowest BCUT2D eigenvalue weighted by molar-refractivity contribution is -0.138. The molecule has 1 aromatic rings. The number of hydrogen-bond donors (Lipinski definition) is 1. The molecule has 0 saturated carbocycles. The fraction of sp³-hybridized carbons (Fsp3) is 0.417. The number of piperazine rings is 1. The number of carbonyl (C=O) groups is 2. The summed E-state index contributed by atoms with van der Waals surface area (Å²) >= 11 is 9.20. The van der Waals surface area contributed by atoms with Gasteiger partial charge in [0.2, 0.25) is 0 Å². The summed E-state index contributed by atoms with van der Waals surface area (Å²) < 4.78 is 0.690. The van der Waals surface area contributed by atoms with Crippen LogP contribution in [0.3, 0.4) is 0 Å². The first kappa shape index (κ1) is 15.2. The molecular weight excluding hydrogens is 350 g/mol. The van der Waals surface area contributed by atoms with E-state index >= 15 is 0 Å².